The lowest BCUT2D eigenvalue weighted by atomic mass is 9.92. The summed E-state index contributed by atoms with van der Waals surface area (Å²) in [6, 6.07) is 0.464. The minimum absolute atomic E-state index is 0.0924. The summed E-state index contributed by atoms with van der Waals surface area (Å²) in [6.07, 6.45) is 3.59. The van der Waals surface area contributed by atoms with E-state index in [2.05, 4.69) is 10.2 Å². The minimum atomic E-state index is -0.132. The molecule has 0 aromatic rings. The molecule has 0 heterocycles. The first-order chi connectivity index (χ1) is 7.63. The van der Waals surface area contributed by atoms with Crippen molar-refractivity contribution in [3.05, 3.63) is 0 Å². The maximum Gasteiger partial charge on any atom is 0.246 e. The summed E-state index contributed by atoms with van der Waals surface area (Å²) in [5.74, 6) is -0.0924. The molecule has 5 nitrogen and oxygen atoms in total. The Morgan fingerprint density at radius 3 is 2.62 bits per heavy atom. The highest BCUT2D eigenvalue weighted by Gasteiger charge is 2.22. The van der Waals surface area contributed by atoms with Crippen LogP contribution < -0.4 is 5.32 Å². The number of nitrogens with zero attached hydrogens (tertiary/aromatic N) is 1. The van der Waals surface area contributed by atoms with Crippen LogP contribution in [0.2, 0.25) is 0 Å². The molecule has 0 bridgehead atoms. The molecule has 1 aliphatic rings. The van der Waals surface area contributed by atoms with E-state index in [9.17, 15) is 9.90 Å². The van der Waals surface area contributed by atoms with Crippen molar-refractivity contribution in [3.8, 4) is 0 Å². The van der Waals surface area contributed by atoms with Crippen molar-refractivity contribution >= 4 is 5.91 Å². The topological polar surface area (TPSA) is 61.8 Å². The van der Waals surface area contributed by atoms with Gasteiger partial charge in [0.05, 0.1) is 12.8 Å². The zero-order valence-electron chi connectivity index (χ0n) is 10.1. The number of carbonyl (C=O) groups is 1. The summed E-state index contributed by atoms with van der Waals surface area (Å²) < 4.78 is 4.73. The first-order valence-corrected chi connectivity index (χ1v) is 5.77. The Morgan fingerprint density at radius 2 is 2.06 bits per heavy atom. The minimum Gasteiger partial charge on any atom is -0.393 e. The monoisotopic (exact) mass is 230 g/mol. The van der Waals surface area contributed by atoms with Crippen LogP contribution in [0.3, 0.4) is 0 Å². The molecule has 94 valence electrons. The van der Waals surface area contributed by atoms with E-state index < -0.39 is 0 Å². The number of carbonyl (C=O) groups excluding carboxylic acids is 1. The Bertz CT molecular complexity index is 215. The van der Waals surface area contributed by atoms with Crippen molar-refractivity contribution in [1.82, 2.24) is 10.2 Å². The molecule has 5 heteroatoms. The van der Waals surface area contributed by atoms with Crippen LogP contribution in [0.15, 0.2) is 0 Å². The van der Waals surface area contributed by atoms with Crippen molar-refractivity contribution in [2.75, 3.05) is 27.4 Å². The molecule has 1 aliphatic carbocycles. The second kappa shape index (κ2) is 6.83. The first kappa shape index (κ1) is 13.4. The summed E-state index contributed by atoms with van der Waals surface area (Å²) in [6.45, 7) is 0.653. The molecule has 16 heavy (non-hydrogen) atoms. The molecule has 0 radical (unpaired) electrons. The molecule has 0 aromatic heterocycles. The zero-order valence-corrected chi connectivity index (χ0v) is 10.1. The van der Waals surface area contributed by atoms with Crippen molar-refractivity contribution in [3.63, 3.8) is 0 Å². The first-order valence-electron chi connectivity index (χ1n) is 5.77. The maximum atomic E-state index is 11.2. The van der Waals surface area contributed by atoms with Gasteiger partial charge in [0, 0.05) is 13.2 Å². The second-order valence-electron chi connectivity index (χ2n) is 4.41. The fourth-order valence-electron chi connectivity index (χ4n) is 2.02. The molecule has 1 fully saturated rings. The third kappa shape index (κ3) is 4.47. The second-order valence-corrected chi connectivity index (χ2v) is 4.41. The summed E-state index contributed by atoms with van der Waals surface area (Å²) in [7, 11) is 3.50. The number of methoxy groups -OCH3 is 1. The average molecular weight is 230 g/mol. The van der Waals surface area contributed by atoms with E-state index in [1.54, 1.807) is 0 Å². The number of hydrogen-bond donors (Lipinski definition) is 2. The summed E-state index contributed by atoms with van der Waals surface area (Å²) in [5.41, 5.74) is 0. The zero-order chi connectivity index (χ0) is 12.0. The molecule has 1 amide bonds. The van der Waals surface area contributed by atoms with Gasteiger partial charge in [0.25, 0.3) is 0 Å². The van der Waals surface area contributed by atoms with Gasteiger partial charge in [-0.25, -0.2) is 0 Å². The van der Waals surface area contributed by atoms with Gasteiger partial charge >= 0.3 is 0 Å². The molecule has 0 aromatic carbocycles. The third-order valence-corrected chi connectivity index (χ3v) is 3.09. The van der Waals surface area contributed by atoms with Crippen molar-refractivity contribution in [1.29, 1.82) is 0 Å². The number of aliphatic hydroxyl groups is 1. The third-order valence-electron chi connectivity index (χ3n) is 3.09. The lowest BCUT2D eigenvalue weighted by Crippen LogP contribution is -2.44. The van der Waals surface area contributed by atoms with Gasteiger partial charge in [-0.1, -0.05) is 0 Å². The Labute approximate surface area is 96.8 Å². The smallest absolute Gasteiger partial charge is 0.246 e. The van der Waals surface area contributed by atoms with Crippen LogP contribution >= 0.6 is 0 Å². The van der Waals surface area contributed by atoms with Crippen LogP contribution in [0.1, 0.15) is 25.7 Å². The van der Waals surface area contributed by atoms with E-state index in [0.29, 0.717) is 12.7 Å². The standard InChI is InChI=1S/C11H22N2O3/c1-13(8-12-11(15)7-16-2)9-3-5-10(14)6-4-9/h9-10,14H,3-8H2,1-2H3,(H,12,15). The van der Waals surface area contributed by atoms with Gasteiger partial charge in [0.15, 0.2) is 0 Å². The fourth-order valence-corrected chi connectivity index (χ4v) is 2.02. The molecule has 0 unspecified atom stereocenters. The number of amides is 1. The summed E-state index contributed by atoms with van der Waals surface area (Å²) >= 11 is 0. The Hall–Kier alpha value is -0.650. The van der Waals surface area contributed by atoms with Crippen LogP contribution in [0.25, 0.3) is 0 Å². The van der Waals surface area contributed by atoms with Crippen LogP contribution in [-0.4, -0.2) is 55.5 Å². The Balaban J connectivity index is 2.19. The van der Waals surface area contributed by atoms with E-state index in [4.69, 9.17) is 4.74 Å². The predicted octanol–water partition coefficient (Wildman–Crippen LogP) is -0.0582. The summed E-state index contributed by atoms with van der Waals surface area (Å²) in [5, 5.41) is 12.2. The van der Waals surface area contributed by atoms with E-state index in [-0.39, 0.29) is 18.6 Å². The van der Waals surface area contributed by atoms with Gasteiger partial charge in [-0.05, 0) is 32.7 Å². The van der Waals surface area contributed by atoms with Crippen LogP contribution in [-0.2, 0) is 9.53 Å². The van der Waals surface area contributed by atoms with Gasteiger partial charge < -0.3 is 15.2 Å². The molecule has 0 atom stereocenters. The average Bonchev–Trinajstić information content (AvgIpc) is 2.27. The van der Waals surface area contributed by atoms with E-state index in [1.807, 2.05) is 7.05 Å². The van der Waals surface area contributed by atoms with E-state index >= 15 is 0 Å². The number of aliphatic hydroxyl groups excluding tert-OH is 1. The highest BCUT2D eigenvalue weighted by molar-refractivity contribution is 5.77. The van der Waals surface area contributed by atoms with Gasteiger partial charge in [-0.2, -0.15) is 0 Å². The molecule has 1 rings (SSSR count). The quantitative estimate of drug-likeness (QED) is 0.650. The van der Waals surface area contributed by atoms with Crippen LogP contribution in [0.5, 0.6) is 0 Å². The maximum absolute atomic E-state index is 11.2. The van der Waals surface area contributed by atoms with Gasteiger partial charge in [-0.3, -0.25) is 9.69 Å². The van der Waals surface area contributed by atoms with Crippen LogP contribution in [0.4, 0.5) is 0 Å². The molecule has 1 saturated carbocycles. The number of hydrogen-bond acceptors (Lipinski definition) is 4. The van der Waals surface area contributed by atoms with Gasteiger partial charge in [0.2, 0.25) is 5.91 Å². The predicted molar refractivity (Wildman–Crippen MR) is 60.9 cm³/mol. The lowest BCUT2D eigenvalue weighted by Gasteiger charge is -2.33. The lowest BCUT2D eigenvalue weighted by molar-refractivity contribution is -0.125. The van der Waals surface area contributed by atoms with Crippen molar-refractivity contribution in [2.24, 2.45) is 0 Å². The van der Waals surface area contributed by atoms with E-state index in [1.165, 1.54) is 7.11 Å². The van der Waals surface area contributed by atoms with Gasteiger partial charge in [0.1, 0.15) is 6.61 Å². The highest BCUT2D eigenvalue weighted by atomic mass is 16.5. The van der Waals surface area contributed by atoms with Gasteiger partial charge in [-0.15, -0.1) is 0 Å². The van der Waals surface area contributed by atoms with Crippen LogP contribution in [0, 0.1) is 0 Å². The Morgan fingerprint density at radius 1 is 1.44 bits per heavy atom. The SMILES string of the molecule is COCC(=O)NCN(C)C1CCC(O)CC1. The number of nitrogens with one attached hydrogen (secondary N) is 1. The summed E-state index contributed by atoms with van der Waals surface area (Å²) in [4.78, 5) is 13.3. The molecule has 2 N–H and O–H groups in total. The molecule has 0 spiro atoms. The number of ether oxygens (including phenoxy) is 1. The number of rotatable bonds is 5. The van der Waals surface area contributed by atoms with Crippen molar-refractivity contribution < 1.29 is 14.6 Å². The normalized spacial score (nSPS) is 25.8. The Kier molecular flexibility index (Phi) is 5.73. The molecule has 0 saturated heterocycles. The molecular weight excluding hydrogens is 208 g/mol. The highest BCUT2D eigenvalue weighted by Crippen LogP contribution is 2.21. The largest absolute Gasteiger partial charge is 0.393 e. The molecular formula is C11H22N2O3. The fraction of sp³-hybridized carbons (Fsp3) is 0.909. The molecule has 0 aliphatic heterocycles. The van der Waals surface area contributed by atoms with Crippen molar-refractivity contribution in [2.45, 2.75) is 37.8 Å². The van der Waals surface area contributed by atoms with E-state index in [0.717, 1.165) is 25.7 Å².